The lowest BCUT2D eigenvalue weighted by Gasteiger charge is -2.20. The molecule has 3 aromatic rings. The zero-order chi connectivity index (χ0) is 17.8. The van der Waals surface area contributed by atoms with Crippen LogP contribution in [0.2, 0.25) is 5.02 Å². The molecule has 130 valence electrons. The summed E-state index contributed by atoms with van der Waals surface area (Å²) in [5, 5.41) is 1.89. The van der Waals surface area contributed by atoms with Crippen LogP contribution in [0.15, 0.2) is 54.6 Å². The minimum atomic E-state index is 0.720. The van der Waals surface area contributed by atoms with Gasteiger partial charge in [0.15, 0.2) is 0 Å². The quantitative estimate of drug-likeness (QED) is 0.648. The summed E-state index contributed by atoms with van der Waals surface area (Å²) in [7, 11) is 6.37. The lowest BCUT2D eigenvalue weighted by molar-refractivity contribution is 0.277. The van der Waals surface area contributed by atoms with Crippen molar-refractivity contribution in [3.63, 3.8) is 0 Å². The first kappa shape index (κ1) is 17.9. The van der Waals surface area contributed by atoms with Crippen LogP contribution in [0.3, 0.4) is 0 Å². The summed E-state index contributed by atoms with van der Waals surface area (Å²) in [6, 6.07) is 18.5. The minimum absolute atomic E-state index is 0.720. The molecule has 0 spiro atoms. The van der Waals surface area contributed by atoms with Crippen LogP contribution in [-0.2, 0) is 6.54 Å². The molecule has 0 aliphatic rings. The fraction of sp³-hybridized carbons (Fsp3) is 0.286. The van der Waals surface area contributed by atoms with Crippen molar-refractivity contribution in [1.82, 2.24) is 14.8 Å². The van der Waals surface area contributed by atoms with Gasteiger partial charge in [-0.05, 0) is 44.9 Å². The van der Waals surface area contributed by atoms with E-state index in [1.807, 2.05) is 30.3 Å². The molecule has 3 nitrogen and oxygen atoms in total. The molecule has 0 radical (unpaired) electrons. The van der Waals surface area contributed by atoms with Crippen LogP contribution in [-0.4, -0.2) is 49.0 Å². The highest BCUT2D eigenvalue weighted by molar-refractivity contribution is 6.31. The van der Waals surface area contributed by atoms with E-state index in [1.165, 1.54) is 10.9 Å². The molecule has 0 amide bonds. The predicted molar refractivity (Wildman–Crippen MR) is 107 cm³/mol. The summed E-state index contributed by atoms with van der Waals surface area (Å²) in [6.45, 7) is 2.94. The van der Waals surface area contributed by atoms with Crippen LogP contribution in [0, 0.1) is 0 Å². The van der Waals surface area contributed by atoms with Crippen LogP contribution >= 0.6 is 11.6 Å². The second kappa shape index (κ2) is 7.96. The molecule has 0 bridgehead atoms. The summed E-state index contributed by atoms with van der Waals surface area (Å²) >= 11 is 6.20. The smallest absolute Gasteiger partial charge is 0.0727 e. The highest BCUT2D eigenvalue weighted by Gasteiger charge is 2.10. The van der Waals surface area contributed by atoms with Gasteiger partial charge in [-0.3, -0.25) is 0 Å². The topological polar surface area (TPSA) is 19.4 Å². The molecule has 0 fully saturated rings. The Labute approximate surface area is 154 Å². The summed E-state index contributed by atoms with van der Waals surface area (Å²) in [6.07, 6.45) is 0. The number of benzene rings is 2. The van der Waals surface area contributed by atoms with Crippen LogP contribution in [0.1, 0.15) is 5.56 Å². The van der Waals surface area contributed by atoms with Crippen LogP contribution in [0.4, 0.5) is 0 Å². The van der Waals surface area contributed by atoms with Gasteiger partial charge in [0.25, 0.3) is 0 Å². The van der Waals surface area contributed by atoms with Gasteiger partial charge >= 0.3 is 0 Å². The van der Waals surface area contributed by atoms with Crippen molar-refractivity contribution in [2.45, 2.75) is 6.54 Å². The van der Waals surface area contributed by atoms with Crippen LogP contribution in [0.25, 0.3) is 22.2 Å². The monoisotopic (exact) mass is 353 g/mol. The van der Waals surface area contributed by atoms with E-state index in [-0.39, 0.29) is 0 Å². The Balaban J connectivity index is 2.00. The van der Waals surface area contributed by atoms with Crippen molar-refractivity contribution in [2.24, 2.45) is 0 Å². The number of likely N-dealkylation sites (N-methyl/N-ethyl adjacent to an activating group) is 2. The largest absolute Gasteiger partial charge is 0.308 e. The Bertz CT molecular complexity index is 846. The van der Waals surface area contributed by atoms with Crippen LogP contribution in [0.5, 0.6) is 0 Å². The number of hydrogen-bond donors (Lipinski definition) is 0. The first-order valence-corrected chi connectivity index (χ1v) is 8.88. The van der Waals surface area contributed by atoms with Gasteiger partial charge in [-0.1, -0.05) is 48.0 Å². The van der Waals surface area contributed by atoms with Gasteiger partial charge < -0.3 is 9.80 Å². The SMILES string of the molecule is CN(C)CCN(C)Cc1cc(-c2ccccc2)nc2cc(Cl)ccc12. The van der Waals surface area contributed by atoms with Gasteiger partial charge in [0.2, 0.25) is 0 Å². The van der Waals surface area contributed by atoms with E-state index in [9.17, 15) is 0 Å². The van der Waals surface area contributed by atoms with Crippen molar-refractivity contribution < 1.29 is 0 Å². The standard InChI is InChI=1S/C21H24ClN3/c1-24(2)11-12-25(3)15-17-13-20(16-7-5-4-6-8-16)23-21-14-18(22)9-10-19(17)21/h4-10,13-14H,11-12,15H2,1-3H3. The molecule has 1 aromatic heterocycles. The number of hydrogen-bond acceptors (Lipinski definition) is 3. The summed E-state index contributed by atoms with van der Waals surface area (Å²) in [5.74, 6) is 0. The van der Waals surface area contributed by atoms with E-state index < -0.39 is 0 Å². The van der Waals surface area contributed by atoms with Gasteiger partial charge in [0, 0.05) is 35.6 Å². The molecule has 3 rings (SSSR count). The number of nitrogens with zero attached hydrogens (tertiary/aromatic N) is 3. The molecule has 0 unspecified atom stereocenters. The zero-order valence-corrected chi connectivity index (χ0v) is 15.8. The Hall–Kier alpha value is -1.94. The maximum Gasteiger partial charge on any atom is 0.0727 e. The molecular weight excluding hydrogens is 330 g/mol. The molecular formula is C21H24ClN3. The normalized spacial score (nSPS) is 11.6. The van der Waals surface area contributed by atoms with Gasteiger partial charge in [-0.25, -0.2) is 4.98 Å². The zero-order valence-electron chi connectivity index (χ0n) is 15.0. The van der Waals surface area contributed by atoms with Gasteiger partial charge in [-0.2, -0.15) is 0 Å². The Kier molecular flexibility index (Phi) is 5.69. The molecule has 4 heteroatoms. The maximum absolute atomic E-state index is 6.20. The first-order chi connectivity index (χ1) is 12.0. The molecule has 0 N–H and O–H groups in total. The van der Waals surface area contributed by atoms with Crippen molar-refractivity contribution >= 4 is 22.5 Å². The number of halogens is 1. The van der Waals surface area contributed by atoms with E-state index in [0.29, 0.717) is 0 Å². The Morgan fingerprint density at radius 2 is 1.68 bits per heavy atom. The Morgan fingerprint density at radius 3 is 2.40 bits per heavy atom. The van der Waals surface area contributed by atoms with Crippen molar-refractivity contribution in [3.05, 3.63) is 65.2 Å². The summed E-state index contributed by atoms with van der Waals surface area (Å²) in [4.78, 5) is 9.39. The number of pyridine rings is 1. The van der Waals surface area contributed by atoms with Gasteiger partial charge in [0.05, 0.1) is 11.2 Å². The molecule has 1 heterocycles. The minimum Gasteiger partial charge on any atom is -0.308 e. The first-order valence-electron chi connectivity index (χ1n) is 8.51. The van der Waals surface area contributed by atoms with Gasteiger partial charge in [0.1, 0.15) is 0 Å². The third kappa shape index (κ3) is 4.57. The molecule has 2 aromatic carbocycles. The second-order valence-electron chi connectivity index (χ2n) is 6.74. The number of aromatic nitrogens is 1. The highest BCUT2D eigenvalue weighted by atomic mass is 35.5. The predicted octanol–water partition coefficient (Wildman–Crippen LogP) is 4.55. The fourth-order valence-corrected chi connectivity index (χ4v) is 3.07. The van der Waals surface area contributed by atoms with Crippen molar-refractivity contribution in [1.29, 1.82) is 0 Å². The van der Waals surface area contributed by atoms with Crippen molar-refractivity contribution in [2.75, 3.05) is 34.2 Å². The van der Waals surface area contributed by atoms with E-state index in [0.717, 1.165) is 41.4 Å². The van der Waals surface area contributed by atoms with Crippen LogP contribution < -0.4 is 0 Å². The molecule has 25 heavy (non-hydrogen) atoms. The molecule has 0 atom stereocenters. The van der Waals surface area contributed by atoms with Crippen molar-refractivity contribution in [3.8, 4) is 11.3 Å². The molecule has 0 saturated carbocycles. The number of fused-ring (bicyclic) bond motifs is 1. The average Bonchev–Trinajstić information content (AvgIpc) is 2.60. The third-order valence-electron chi connectivity index (χ3n) is 4.30. The lowest BCUT2D eigenvalue weighted by atomic mass is 10.0. The molecule has 0 saturated heterocycles. The Morgan fingerprint density at radius 1 is 0.920 bits per heavy atom. The van der Waals surface area contributed by atoms with Gasteiger partial charge in [-0.15, -0.1) is 0 Å². The summed E-state index contributed by atoms with van der Waals surface area (Å²) < 4.78 is 0. The molecule has 0 aliphatic heterocycles. The van der Waals surface area contributed by atoms with E-state index >= 15 is 0 Å². The number of rotatable bonds is 6. The van der Waals surface area contributed by atoms with E-state index in [2.05, 4.69) is 55.2 Å². The molecule has 0 aliphatic carbocycles. The lowest BCUT2D eigenvalue weighted by Crippen LogP contribution is -2.28. The second-order valence-corrected chi connectivity index (χ2v) is 7.17. The van der Waals surface area contributed by atoms with E-state index in [4.69, 9.17) is 16.6 Å². The summed E-state index contributed by atoms with van der Waals surface area (Å²) in [5.41, 5.74) is 4.35. The average molecular weight is 354 g/mol. The maximum atomic E-state index is 6.20. The third-order valence-corrected chi connectivity index (χ3v) is 4.53. The fourth-order valence-electron chi connectivity index (χ4n) is 2.90. The van der Waals surface area contributed by atoms with E-state index in [1.54, 1.807) is 0 Å². The highest BCUT2D eigenvalue weighted by Crippen LogP contribution is 2.27.